The quantitative estimate of drug-likeness (QED) is 0.847. The lowest BCUT2D eigenvalue weighted by molar-refractivity contribution is -0.0499. The van der Waals surface area contributed by atoms with Crippen LogP contribution in [0.2, 0.25) is 0 Å². The van der Waals surface area contributed by atoms with E-state index in [2.05, 4.69) is 10.1 Å². The smallest absolute Gasteiger partial charge is 0.387 e. The van der Waals surface area contributed by atoms with Gasteiger partial charge in [0.1, 0.15) is 5.75 Å². The minimum absolute atomic E-state index is 0.0889. The summed E-state index contributed by atoms with van der Waals surface area (Å²) < 4.78 is 34.1. The number of nitrogens with one attached hydrogen (secondary N) is 1. The molecule has 1 aliphatic heterocycles. The first-order valence-electron chi connectivity index (χ1n) is 7.55. The molecule has 0 amide bonds. The number of benzene rings is 1. The minimum Gasteiger partial charge on any atom is -0.435 e. The highest BCUT2D eigenvalue weighted by molar-refractivity contribution is 5.28. The van der Waals surface area contributed by atoms with E-state index in [0.717, 1.165) is 12.8 Å². The van der Waals surface area contributed by atoms with E-state index in [-0.39, 0.29) is 18.0 Å². The van der Waals surface area contributed by atoms with Crippen LogP contribution in [0.4, 0.5) is 8.78 Å². The van der Waals surface area contributed by atoms with E-state index < -0.39 is 12.7 Å². The molecule has 2 rings (SSSR count). The van der Waals surface area contributed by atoms with E-state index in [1.54, 1.807) is 12.1 Å². The molecule has 0 bridgehead atoms. The Kier molecular flexibility index (Phi) is 6.11. The van der Waals surface area contributed by atoms with Crippen molar-refractivity contribution in [3.63, 3.8) is 0 Å². The van der Waals surface area contributed by atoms with E-state index >= 15 is 0 Å². The predicted molar refractivity (Wildman–Crippen MR) is 79.1 cm³/mol. The summed E-state index contributed by atoms with van der Waals surface area (Å²) in [5, 5.41) is 13.5. The zero-order valence-electron chi connectivity index (χ0n) is 12.8. The Morgan fingerprint density at radius 3 is 2.36 bits per heavy atom. The molecule has 22 heavy (non-hydrogen) atoms. The molecule has 1 aromatic carbocycles. The van der Waals surface area contributed by atoms with Crippen LogP contribution in [0.25, 0.3) is 0 Å². The summed E-state index contributed by atoms with van der Waals surface area (Å²) in [6, 6.07) is 6.38. The summed E-state index contributed by atoms with van der Waals surface area (Å²) >= 11 is 0. The molecule has 1 saturated heterocycles. The zero-order valence-corrected chi connectivity index (χ0v) is 12.8. The number of aliphatic hydroxyl groups is 1. The lowest BCUT2D eigenvalue weighted by atomic mass is 9.99. The van der Waals surface area contributed by atoms with Crippen LogP contribution in [0.15, 0.2) is 24.3 Å². The Morgan fingerprint density at radius 2 is 1.82 bits per heavy atom. The summed E-state index contributed by atoms with van der Waals surface area (Å²) in [7, 11) is 0. The third-order valence-electron chi connectivity index (χ3n) is 3.79. The van der Waals surface area contributed by atoms with Gasteiger partial charge in [0, 0.05) is 12.6 Å². The topological polar surface area (TPSA) is 50.7 Å². The highest BCUT2D eigenvalue weighted by Gasteiger charge is 2.24. The van der Waals surface area contributed by atoms with E-state index in [0.29, 0.717) is 18.2 Å². The Morgan fingerprint density at radius 1 is 1.23 bits per heavy atom. The second-order valence-corrected chi connectivity index (χ2v) is 5.80. The van der Waals surface area contributed by atoms with Gasteiger partial charge in [0.2, 0.25) is 0 Å². The fourth-order valence-electron chi connectivity index (χ4n) is 2.84. The van der Waals surface area contributed by atoms with Crippen molar-refractivity contribution in [3.8, 4) is 5.75 Å². The van der Waals surface area contributed by atoms with Crippen LogP contribution in [-0.2, 0) is 4.74 Å². The number of aliphatic hydroxyl groups excluding tert-OH is 1. The van der Waals surface area contributed by atoms with Gasteiger partial charge in [-0.05, 0) is 44.4 Å². The Bertz CT molecular complexity index is 445. The highest BCUT2D eigenvalue weighted by Crippen LogP contribution is 2.21. The second kappa shape index (κ2) is 7.85. The van der Waals surface area contributed by atoms with E-state index in [9.17, 15) is 13.9 Å². The van der Waals surface area contributed by atoms with Crippen LogP contribution < -0.4 is 10.1 Å². The lowest BCUT2D eigenvalue weighted by Gasteiger charge is -2.33. The van der Waals surface area contributed by atoms with E-state index in [1.165, 1.54) is 12.1 Å². The first-order chi connectivity index (χ1) is 10.4. The van der Waals surface area contributed by atoms with Gasteiger partial charge in [-0.25, -0.2) is 0 Å². The van der Waals surface area contributed by atoms with Gasteiger partial charge >= 0.3 is 6.61 Å². The molecule has 0 aliphatic carbocycles. The number of alkyl halides is 2. The molecule has 0 saturated carbocycles. The molecule has 3 atom stereocenters. The normalized spacial score (nSPS) is 26.9. The molecule has 1 aromatic rings. The molecule has 2 N–H and O–H groups in total. The maximum Gasteiger partial charge on any atom is 0.387 e. The van der Waals surface area contributed by atoms with Crippen molar-refractivity contribution in [3.05, 3.63) is 29.8 Å². The number of rotatable bonds is 6. The molecule has 4 nitrogen and oxygen atoms in total. The molecule has 1 fully saturated rings. The van der Waals surface area contributed by atoms with Crippen molar-refractivity contribution < 1.29 is 23.4 Å². The van der Waals surface area contributed by atoms with Gasteiger partial charge in [0.25, 0.3) is 0 Å². The standard InChI is InChI=1S/C16H23F2NO3/c1-10-7-13(8-11(2)21-10)19-9-15(20)12-3-5-14(6-4-12)22-16(17)18/h3-6,10-11,13,15-16,19-20H,7-9H2,1-2H3. The van der Waals surface area contributed by atoms with Crippen LogP contribution >= 0.6 is 0 Å². The third-order valence-corrected chi connectivity index (χ3v) is 3.79. The van der Waals surface area contributed by atoms with Crippen molar-refractivity contribution in [1.82, 2.24) is 5.32 Å². The van der Waals surface area contributed by atoms with E-state index in [4.69, 9.17) is 4.74 Å². The molecule has 1 aliphatic rings. The van der Waals surface area contributed by atoms with Gasteiger partial charge in [-0.3, -0.25) is 0 Å². The van der Waals surface area contributed by atoms with Crippen molar-refractivity contribution in [2.24, 2.45) is 0 Å². The SMILES string of the molecule is CC1CC(NCC(O)c2ccc(OC(F)F)cc2)CC(C)O1. The fourth-order valence-corrected chi connectivity index (χ4v) is 2.84. The Hall–Kier alpha value is -1.24. The average molecular weight is 315 g/mol. The summed E-state index contributed by atoms with van der Waals surface area (Å²) in [4.78, 5) is 0. The molecule has 124 valence electrons. The molecule has 1 heterocycles. The third kappa shape index (κ3) is 5.19. The van der Waals surface area contributed by atoms with Gasteiger partial charge in [-0.15, -0.1) is 0 Å². The van der Waals surface area contributed by atoms with Gasteiger partial charge < -0.3 is 19.9 Å². The number of ether oxygens (including phenoxy) is 2. The highest BCUT2D eigenvalue weighted by atomic mass is 19.3. The average Bonchev–Trinajstić information content (AvgIpc) is 2.44. The molecule has 0 radical (unpaired) electrons. The van der Waals surface area contributed by atoms with Crippen molar-refractivity contribution in [2.45, 2.75) is 57.7 Å². The lowest BCUT2D eigenvalue weighted by Crippen LogP contribution is -2.42. The monoisotopic (exact) mass is 315 g/mol. The molecule has 6 heteroatoms. The Labute approximate surface area is 129 Å². The molecular weight excluding hydrogens is 292 g/mol. The minimum atomic E-state index is -2.84. The number of halogens is 2. The van der Waals surface area contributed by atoms with Gasteiger partial charge in [-0.2, -0.15) is 8.78 Å². The number of hydrogen-bond acceptors (Lipinski definition) is 4. The maximum absolute atomic E-state index is 12.1. The first-order valence-corrected chi connectivity index (χ1v) is 7.55. The van der Waals surface area contributed by atoms with E-state index in [1.807, 2.05) is 13.8 Å². The Balaban J connectivity index is 1.82. The summed E-state index contributed by atoms with van der Waals surface area (Å²) in [5.41, 5.74) is 0.669. The second-order valence-electron chi connectivity index (χ2n) is 5.80. The molecule has 0 spiro atoms. The van der Waals surface area contributed by atoms with Crippen molar-refractivity contribution in [2.75, 3.05) is 6.54 Å². The first kappa shape index (κ1) is 17.1. The zero-order chi connectivity index (χ0) is 16.1. The largest absolute Gasteiger partial charge is 0.435 e. The van der Waals surface area contributed by atoms with Crippen molar-refractivity contribution in [1.29, 1.82) is 0 Å². The fraction of sp³-hybridized carbons (Fsp3) is 0.625. The van der Waals surface area contributed by atoms with Crippen LogP contribution in [0, 0.1) is 0 Å². The van der Waals surface area contributed by atoms with Gasteiger partial charge in [-0.1, -0.05) is 12.1 Å². The molecular formula is C16H23F2NO3. The van der Waals surface area contributed by atoms with Crippen LogP contribution in [0.1, 0.15) is 38.4 Å². The summed E-state index contributed by atoms with van der Waals surface area (Å²) in [6.45, 7) is 1.67. The van der Waals surface area contributed by atoms with Crippen molar-refractivity contribution >= 4 is 0 Å². The molecule has 3 unspecified atom stereocenters. The molecule has 0 aromatic heterocycles. The van der Waals surface area contributed by atoms with Gasteiger partial charge in [0.15, 0.2) is 0 Å². The van der Waals surface area contributed by atoms with Crippen LogP contribution in [-0.4, -0.2) is 36.5 Å². The van der Waals surface area contributed by atoms with Gasteiger partial charge in [0.05, 0.1) is 18.3 Å². The summed E-state index contributed by atoms with van der Waals surface area (Å²) in [5.74, 6) is 0.0889. The van der Waals surface area contributed by atoms with Crippen LogP contribution in [0.5, 0.6) is 5.75 Å². The summed E-state index contributed by atoms with van der Waals surface area (Å²) in [6.07, 6.45) is 1.57. The number of hydrogen-bond donors (Lipinski definition) is 2. The van der Waals surface area contributed by atoms with Crippen LogP contribution in [0.3, 0.4) is 0 Å². The maximum atomic E-state index is 12.1. The predicted octanol–water partition coefficient (Wildman–Crippen LogP) is 2.87.